The Balaban J connectivity index is 2.93. The van der Waals surface area contributed by atoms with Gasteiger partial charge in [0.25, 0.3) is 0 Å². The van der Waals surface area contributed by atoms with Crippen LogP contribution >= 0.6 is 0 Å². The van der Waals surface area contributed by atoms with E-state index in [4.69, 9.17) is 5.26 Å². The number of nitriles is 1. The van der Waals surface area contributed by atoms with Gasteiger partial charge in [0.05, 0.1) is 11.6 Å². The van der Waals surface area contributed by atoms with Gasteiger partial charge in [0, 0.05) is 0 Å². The molecule has 60 valence electrons. The van der Waals surface area contributed by atoms with Gasteiger partial charge in [-0.2, -0.15) is 5.26 Å². The molecule has 12 heavy (non-hydrogen) atoms. The second-order valence-corrected chi connectivity index (χ2v) is 2.76. The van der Waals surface area contributed by atoms with Crippen LogP contribution in [-0.2, 0) is 0 Å². The van der Waals surface area contributed by atoms with Crippen LogP contribution in [0.25, 0.3) is 0 Å². The van der Waals surface area contributed by atoms with Crippen molar-refractivity contribution in [1.82, 2.24) is 0 Å². The number of allylic oxidation sites excluding steroid dienone is 1. The van der Waals surface area contributed by atoms with E-state index in [0.717, 1.165) is 0 Å². The zero-order valence-corrected chi connectivity index (χ0v) is 7.12. The maximum atomic E-state index is 8.55. The highest BCUT2D eigenvalue weighted by molar-refractivity contribution is 5.33. The number of nitrogens with zero attached hydrogens (tertiary/aromatic N) is 1. The van der Waals surface area contributed by atoms with Gasteiger partial charge in [0.15, 0.2) is 0 Å². The van der Waals surface area contributed by atoms with Gasteiger partial charge in [-0.1, -0.05) is 25.1 Å². The minimum absolute atomic E-state index is 0.359. The summed E-state index contributed by atoms with van der Waals surface area (Å²) in [5.74, 6) is 0.359. The van der Waals surface area contributed by atoms with Crippen molar-refractivity contribution >= 4 is 0 Å². The van der Waals surface area contributed by atoms with E-state index in [2.05, 4.69) is 19.6 Å². The van der Waals surface area contributed by atoms with Crippen LogP contribution < -0.4 is 0 Å². The lowest BCUT2D eigenvalue weighted by molar-refractivity contribution is 0.971. The molecule has 1 atom stereocenters. The van der Waals surface area contributed by atoms with Crippen molar-refractivity contribution in [3.63, 3.8) is 0 Å². The average molecular weight is 157 g/mol. The van der Waals surface area contributed by atoms with Crippen LogP contribution in [0.15, 0.2) is 36.9 Å². The highest BCUT2D eigenvalue weighted by atomic mass is 14.2. The van der Waals surface area contributed by atoms with Crippen LogP contribution in [0, 0.1) is 11.3 Å². The molecule has 1 heteroatoms. The highest BCUT2D eigenvalue weighted by Crippen LogP contribution is 2.15. The van der Waals surface area contributed by atoms with E-state index < -0.39 is 0 Å². The minimum atomic E-state index is 0.359. The summed E-state index contributed by atoms with van der Waals surface area (Å²) in [6.45, 7) is 5.79. The molecule has 0 fully saturated rings. The fourth-order valence-electron chi connectivity index (χ4n) is 0.997. The molecule has 0 heterocycles. The van der Waals surface area contributed by atoms with E-state index >= 15 is 0 Å². The second-order valence-electron chi connectivity index (χ2n) is 2.76. The molecule has 1 rings (SSSR count). The lowest BCUT2D eigenvalue weighted by Gasteiger charge is -2.04. The maximum Gasteiger partial charge on any atom is 0.0991 e. The van der Waals surface area contributed by atoms with Gasteiger partial charge in [-0.25, -0.2) is 0 Å². The molecule has 0 saturated carbocycles. The van der Waals surface area contributed by atoms with Crippen LogP contribution in [0.1, 0.15) is 24.0 Å². The predicted molar refractivity (Wildman–Crippen MR) is 49.8 cm³/mol. The Morgan fingerprint density at radius 1 is 1.42 bits per heavy atom. The number of rotatable bonds is 2. The van der Waals surface area contributed by atoms with Crippen LogP contribution in [0.3, 0.4) is 0 Å². The Labute approximate surface area is 73.0 Å². The van der Waals surface area contributed by atoms with Crippen molar-refractivity contribution in [1.29, 1.82) is 5.26 Å². The monoisotopic (exact) mass is 157 g/mol. The van der Waals surface area contributed by atoms with Crippen LogP contribution in [0.5, 0.6) is 0 Å². The normalized spacial score (nSPS) is 11.7. The van der Waals surface area contributed by atoms with Gasteiger partial charge in [-0.05, 0) is 23.6 Å². The first kappa shape index (κ1) is 8.55. The largest absolute Gasteiger partial charge is 0.192 e. The molecule has 1 nitrogen and oxygen atoms in total. The van der Waals surface area contributed by atoms with Crippen LogP contribution in [-0.4, -0.2) is 0 Å². The van der Waals surface area contributed by atoms with Gasteiger partial charge in [0.1, 0.15) is 0 Å². The SMILES string of the molecule is C=CC(C)c1ccc(C#N)cc1. The molecule has 0 aliphatic carbocycles. The molecule has 0 N–H and O–H groups in total. The molecule has 1 unspecified atom stereocenters. The van der Waals surface area contributed by atoms with Gasteiger partial charge in [-0.15, -0.1) is 6.58 Å². The minimum Gasteiger partial charge on any atom is -0.192 e. The Hall–Kier alpha value is -1.55. The van der Waals surface area contributed by atoms with Crippen LogP contribution in [0.2, 0.25) is 0 Å². The number of hydrogen-bond donors (Lipinski definition) is 0. The number of hydrogen-bond acceptors (Lipinski definition) is 1. The summed E-state index contributed by atoms with van der Waals surface area (Å²) in [7, 11) is 0. The number of benzene rings is 1. The van der Waals surface area contributed by atoms with E-state index in [9.17, 15) is 0 Å². The van der Waals surface area contributed by atoms with E-state index in [-0.39, 0.29) is 0 Å². The van der Waals surface area contributed by atoms with E-state index in [1.54, 1.807) is 0 Å². The molecular weight excluding hydrogens is 146 g/mol. The second kappa shape index (κ2) is 3.73. The smallest absolute Gasteiger partial charge is 0.0991 e. The van der Waals surface area contributed by atoms with E-state index in [1.807, 2.05) is 30.3 Å². The van der Waals surface area contributed by atoms with E-state index in [1.165, 1.54) is 5.56 Å². The zero-order valence-electron chi connectivity index (χ0n) is 7.12. The summed E-state index contributed by atoms with van der Waals surface area (Å²) < 4.78 is 0. The van der Waals surface area contributed by atoms with Crippen molar-refractivity contribution in [2.75, 3.05) is 0 Å². The van der Waals surface area contributed by atoms with Crippen molar-refractivity contribution in [3.8, 4) is 6.07 Å². The van der Waals surface area contributed by atoms with E-state index in [0.29, 0.717) is 11.5 Å². The Bertz CT molecular complexity index is 303. The first-order valence-corrected chi connectivity index (χ1v) is 3.90. The first-order valence-electron chi connectivity index (χ1n) is 3.90. The molecular formula is C11H11N. The van der Waals surface area contributed by atoms with Crippen LogP contribution in [0.4, 0.5) is 0 Å². The van der Waals surface area contributed by atoms with Crippen molar-refractivity contribution in [3.05, 3.63) is 48.0 Å². The molecule has 1 aromatic rings. The third-order valence-corrected chi connectivity index (χ3v) is 1.92. The summed E-state index contributed by atoms with van der Waals surface area (Å²) in [6, 6.07) is 9.67. The Morgan fingerprint density at radius 2 is 2.00 bits per heavy atom. The maximum absolute atomic E-state index is 8.55. The molecule has 0 saturated heterocycles. The molecule has 1 aromatic carbocycles. The molecule has 0 spiro atoms. The third-order valence-electron chi connectivity index (χ3n) is 1.92. The fourth-order valence-corrected chi connectivity index (χ4v) is 0.997. The predicted octanol–water partition coefficient (Wildman–Crippen LogP) is 2.85. The summed E-state index contributed by atoms with van der Waals surface area (Å²) >= 11 is 0. The zero-order chi connectivity index (χ0) is 8.97. The molecule has 0 bridgehead atoms. The lowest BCUT2D eigenvalue weighted by Crippen LogP contribution is -1.87. The van der Waals surface area contributed by atoms with Crippen molar-refractivity contribution < 1.29 is 0 Å². The fraction of sp³-hybridized carbons (Fsp3) is 0.182. The highest BCUT2D eigenvalue weighted by Gasteiger charge is 1.99. The standard InChI is InChI=1S/C11H11N/c1-3-9(2)11-6-4-10(8-12)5-7-11/h3-7,9H,1H2,2H3. The van der Waals surface area contributed by atoms with Gasteiger partial charge in [-0.3, -0.25) is 0 Å². The Morgan fingerprint density at radius 3 is 2.42 bits per heavy atom. The van der Waals surface area contributed by atoms with Gasteiger partial charge < -0.3 is 0 Å². The van der Waals surface area contributed by atoms with Crippen molar-refractivity contribution in [2.24, 2.45) is 0 Å². The summed E-state index contributed by atoms with van der Waals surface area (Å²) in [5.41, 5.74) is 1.90. The first-order chi connectivity index (χ1) is 5.77. The average Bonchev–Trinajstić information content (AvgIpc) is 2.17. The van der Waals surface area contributed by atoms with Gasteiger partial charge >= 0.3 is 0 Å². The molecule has 0 aliphatic rings. The third kappa shape index (κ3) is 1.73. The van der Waals surface area contributed by atoms with Crippen molar-refractivity contribution in [2.45, 2.75) is 12.8 Å². The molecule has 0 aromatic heterocycles. The summed E-state index contributed by atoms with van der Waals surface area (Å²) in [5, 5.41) is 8.55. The summed E-state index contributed by atoms with van der Waals surface area (Å²) in [4.78, 5) is 0. The Kier molecular flexibility index (Phi) is 2.66. The molecule has 0 amide bonds. The lowest BCUT2D eigenvalue weighted by atomic mass is 10.0. The molecule has 0 radical (unpaired) electrons. The molecule has 0 aliphatic heterocycles. The van der Waals surface area contributed by atoms with Gasteiger partial charge in [0.2, 0.25) is 0 Å². The quantitative estimate of drug-likeness (QED) is 0.605. The topological polar surface area (TPSA) is 23.8 Å². The summed E-state index contributed by atoms with van der Waals surface area (Å²) in [6.07, 6.45) is 1.89.